The molecule has 2 unspecified atom stereocenters. The van der Waals surface area contributed by atoms with Gasteiger partial charge < -0.3 is 5.32 Å². The fourth-order valence-electron chi connectivity index (χ4n) is 2.12. The third kappa shape index (κ3) is 2.07. The Labute approximate surface area is 89.9 Å². The number of hydrogen-bond acceptors (Lipinski definition) is 3. The fourth-order valence-corrected chi connectivity index (χ4v) is 2.12. The van der Waals surface area contributed by atoms with E-state index in [-0.39, 0.29) is 17.7 Å². The lowest BCUT2D eigenvalue weighted by Crippen LogP contribution is -2.28. The van der Waals surface area contributed by atoms with Crippen molar-refractivity contribution in [2.75, 3.05) is 6.54 Å². The summed E-state index contributed by atoms with van der Waals surface area (Å²) in [6, 6.07) is 2.21. The number of aryl methyl sites for hydroxylation is 1. The Morgan fingerprint density at radius 1 is 1.53 bits per heavy atom. The molecule has 0 spiro atoms. The molecule has 0 aliphatic carbocycles. The molecule has 0 bridgehead atoms. The standard InChI is InChI=1S/C12H16N2O/c1-8-5-10(7-13-6-8)12(15)11-3-4-14-9(11)2/h5-7,9,11,14H,3-4H2,1-2H3. The van der Waals surface area contributed by atoms with E-state index in [1.807, 2.05) is 13.0 Å². The topological polar surface area (TPSA) is 42.0 Å². The second kappa shape index (κ2) is 4.11. The number of pyridine rings is 1. The number of nitrogens with one attached hydrogen (secondary N) is 1. The SMILES string of the molecule is Cc1cncc(C(=O)C2CCNC2C)c1. The van der Waals surface area contributed by atoms with Gasteiger partial charge in [0.05, 0.1) is 0 Å². The number of rotatable bonds is 2. The van der Waals surface area contributed by atoms with Gasteiger partial charge in [0.1, 0.15) is 0 Å². The van der Waals surface area contributed by atoms with Crippen molar-refractivity contribution >= 4 is 5.78 Å². The lowest BCUT2D eigenvalue weighted by Gasteiger charge is -2.13. The molecule has 2 rings (SSSR count). The summed E-state index contributed by atoms with van der Waals surface area (Å²) in [7, 11) is 0. The van der Waals surface area contributed by atoms with Crippen LogP contribution in [0.3, 0.4) is 0 Å². The molecule has 2 heterocycles. The summed E-state index contributed by atoms with van der Waals surface area (Å²) in [5.74, 6) is 0.345. The normalized spacial score (nSPS) is 25.5. The van der Waals surface area contributed by atoms with Gasteiger partial charge in [-0.25, -0.2) is 0 Å². The van der Waals surface area contributed by atoms with Crippen molar-refractivity contribution in [1.29, 1.82) is 0 Å². The summed E-state index contributed by atoms with van der Waals surface area (Å²) in [5, 5.41) is 3.29. The second-order valence-electron chi connectivity index (χ2n) is 4.25. The van der Waals surface area contributed by atoms with Gasteiger partial charge in [-0.1, -0.05) is 0 Å². The van der Waals surface area contributed by atoms with Gasteiger partial charge in [-0.15, -0.1) is 0 Å². The molecule has 15 heavy (non-hydrogen) atoms. The molecule has 0 radical (unpaired) electrons. The third-order valence-electron chi connectivity index (χ3n) is 3.02. The minimum absolute atomic E-state index is 0.119. The van der Waals surface area contributed by atoms with Crippen LogP contribution in [-0.4, -0.2) is 23.4 Å². The molecule has 80 valence electrons. The van der Waals surface area contributed by atoms with Crippen LogP contribution in [0, 0.1) is 12.8 Å². The first-order chi connectivity index (χ1) is 7.18. The van der Waals surface area contributed by atoms with Crippen LogP contribution in [0.25, 0.3) is 0 Å². The molecule has 1 aliphatic rings. The smallest absolute Gasteiger partial charge is 0.169 e. The third-order valence-corrected chi connectivity index (χ3v) is 3.02. The molecular formula is C12H16N2O. The highest BCUT2D eigenvalue weighted by molar-refractivity contribution is 5.98. The molecule has 1 aromatic heterocycles. The average Bonchev–Trinajstić information content (AvgIpc) is 2.63. The Balaban J connectivity index is 2.20. The summed E-state index contributed by atoms with van der Waals surface area (Å²) in [6.07, 6.45) is 4.38. The number of carbonyl (C=O) groups is 1. The number of carbonyl (C=O) groups excluding carboxylic acids is 1. The van der Waals surface area contributed by atoms with Crippen LogP contribution in [0.5, 0.6) is 0 Å². The minimum atomic E-state index is 0.119. The number of ketones is 1. The first kappa shape index (κ1) is 10.3. The van der Waals surface area contributed by atoms with Gasteiger partial charge >= 0.3 is 0 Å². The average molecular weight is 204 g/mol. The van der Waals surface area contributed by atoms with E-state index in [9.17, 15) is 4.79 Å². The van der Waals surface area contributed by atoms with Gasteiger partial charge in [-0.05, 0) is 38.4 Å². The fraction of sp³-hybridized carbons (Fsp3) is 0.500. The maximum Gasteiger partial charge on any atom is 0.169 e. The van der Waals surface area contributed by atoms with E-state index in [1.54, 1.807) is 12.4 Å². The van der Waals surface area contributed by atoms with Gasteiger partial charge in [-0.2, -0.15) is 0 Å². The molecular weight excluding hydrogens is 188 g/mol. The van der Waals surface area contributed by atoms with E-state index in [4.69, 9.17) is 0 Å². The van der Waals surface area contributed by atoms with Crippen LogP contribution in [0.2, 0.25) is 0 Å². The van der Waals surface area contributed by atoms with E-state index < -0.39 is 0 Å². The summed E-state index contributed by atoms with van der Waals surface area (Å²) >= 11 is 0. The predicted octanol–water partition coefficient (Wildman–Crippen LogP) is 1.57. The van der Waals surface area contributed by atoms with Gasteiger partial charge in [0.2, 0.25) is 0 Å². The van der Waals surface area contributed by atoms with Crippen molar-refractivity contribution in [3.63, 3.8) is 0 Å². The molecule has 2 atom stereocenters. The number of Topliss-reactive ketones (excluding diaryl/α,β-unsaturated/α-hetero) is 1. The summed E-state index contributed by atoms with van der Waals surface area (Å²) in [4.78, 5) is 16.2. The summed E-state index contributed by atoms with van der Waals surface area (Å²) in [6.45, 7) is 4.97. The highest BCUT2D eigenvalue weighted by atomic mass is 16.1. The van der Waals surface area contributed by atoms with Crippen molar-refractivity contribution in [2.45, 2.75) is 26.3 Å². The van der Waals surface area contributed by atoms with Crippen LogP contribution < -0.4 is 5.32 Å². The number of nitrogens with zero attached hydrogens (tertiary/aromatic N) is 1. The molecule has 1 fully saturated rings. The monoisotopic (exact) mass is 204 g/mol. The largest absolute Gasteiger partial charge is 0.313 e. The molecule has 1 N–H and O–H groups in total. The van der Waals surface area contributed by atoms with E-state index >= 15 is 0 Å². The molecule has 0 aromatic carbocycles. The molecule has 3 heteroatoms. The van der Waals surface area contributed by atoms with Crippen LogP contribution in [0.4, 0.5) is 0 Å². The van der Waals surface area contributed by atoms with Crippen molar-refractivity contribution < 1.29 is 4.79 Å². The maximum absolute atomic E-state index is 12.1. The van der Waals surface area contributed by atoms with Gasteiger partial charge in [0.25, 0.3) is 0 Å². The highest BCUT2D eigenvalue weighted by Gasteiger charge is 2.30. The van der Waals surface area contributed by atoms with E-state index in [1.165, 1.54) is 0 Å². The number of aromatic nitrogens is 1. The van der Waals surface area contributed by atoms with Gasteiger partial charge in [0.15, 0.2) is 5.78 Å². The Kier molecular flexibility index (Phi) is 2.82. The Hall–Kier alpha value is -1.22. The van der Waals surface area contributed by atoms with Crippen LogP contribution in [0.15, 0.2) is 18.5 Å². The van der Waals surface area contributed by atoms with E-state index in [0.29, 0.717) is 0 Å². The van der Waals surface area contributed by atoms with Gasteiger partial charge in [0, 0.05) is 29.9 Å². The first-order valence-electron chi connectivity index (χ1n) is 5.38. The quantitative estimate of drug-likeness (QED) is 0.743. The Morgan fingerprint density at radius 3 is 2.93 bits per heavy atom. The van der Waals surface area contributed by atoms with Crippen LogP contribution in [-0.2, 0) is 0 Å². The molecule has 0 saturated carbocycles. The lowest BCUT2D eigenvalue weighted by molar-refractivity contribution is 0.0913. The summed E-state index contributed by atoms with van der Waals surface area (Å²) < 4.78 is 0. The number of hydrogen-bond donors (Lipinski definition) is 1. The predicted molar refractivity (Wildman–Crippen MR) is 58.9 cm³/mol. The Bertz CT molecular complexity index is 376. The first-order valence-corrected chi connectivity index (χ1v) is 5.38. The van der Waals surface area contributed by atoms with Crippen molar-refractivity contribution in [2.24, 2.45) is 5.92 Å². The van der Waals surface area contributed by atoms with E-state index in [2.05, 4.69) is 17.2 Å². The van der Waals surface area contributed by atoms with Crippen LogP contribution in [0.1, 0.15) is 29.3 Å². The maximum atomic E-state index is 12.1. The molecule has 1 saturated heterocycles. The molecule has 0 amide bonds. The second-order valence-corrected chi connectivity index (χ2v) is 4.25. The summed E-state index contributed by atoms with van der Waals surface area (Å²) in [5.41, 5.74) is 1.79. The van der Waals surface area contributed by atoms with Crippen molar-refractivity contribution in [1.82, 2.24) is 10.3 Å². The van der Waals surface area contributed by atoms with Gasteiger partial charge in [-0.3, -0.25) is 9.78 Å². The molecule has 1 aliphatic heterocycles. The zero-order valence-electron chi connectivity index (χ0n) is 9.16. The highest BCUT2D eigenvalue weighted by Crippen LogP contribution is 2.20. The zero-order chi connectivity index (χ0) is 10.8. The van der Waals surface area contributed by atoms with Crippen molar-refractivity contribution in [3.05, 3.63) is 29.6 Å². The zero-order valence-corrected chi connectivity index (χ0v) is 9.16. The van der Waals surface area contributed by atoms with E-state index in [0.717, 1.165) is 24.1 Å². The Morgan fingerprint density at radius 2 is 2.33 bits per heavy atom. The molecule has 1 aromatic rings. The molecule has 3 nitrogen and oxygen atoms in total. The lowest BCUT2D eigenvalue weighted by atomic mass is 9.92. The minimum Gasteiger partial charge on any atom is -0.313 e. The van der Waals surface area contributed by atoms with Crippen molar-refractivity contribution in [3.8, 4) is 0 Å². The van der Waals surface area contributed by atoms with Crippen LogP contribution >= 0.6 is 0 Å².